The zero-order chi connectivity index (χ0) is 10.8. The molecule has 0 spiro atoms. The monoisotopic (exact) mass is 202 g/mol. The number of carbonyl (C=O) groups is 1. The summed E-state index contributed by atoms with van der Waals surface area (Å²) < 4.78 is 15.1. The van der Waals surface area contributed by atoms with Crippen LogP contribution in [0.5, 0.6) is 0 Å². The second kappa shape index (κ2) is 8.72. The topological polar surface area (TPSA) is 44.8 Å². The normalized spacial score (nSPS) is 11.1. The first kappa shape index (κ1) is 13.1. The summed E-state index contributed by atoms with van der Waals surface area (Å²) in [7, 11) is 0. The molecule has 0 heterocycles. The summed E-state index contributed by atoms with van der Waals surface area (Å²) in [6.07, 6.45) is 1.87. The lowest BCUT2D eigenvalue weighted by Gasteiger charge is -2.13. The van der Waals surface area contributed by atoms with E-state index in [9.17, 15) is 4.79 Å². The van der Waals surface area contributed by atoms with Gasteiger partial charge >= 0.3 is 0 Å². The third-order valence-corrected chi connectivity index (χ3v) is 1.36. The van der Waals surface area contributed by atoms with E-state index in [0.717, 1.165) is 0 Å². The molecule has 0 bridgehead atoms. The lowest BCUT2D eigenvalue weighted by Crippen LogP contribution is -2.26. The average Bonchev–Trinajstić information content (AvgIpc) is 2.18. The minimum absolute atomic E-state index is 0.234. The molecule has 0 saturated heterocycles. The van der Waals surface area contributed by atoms with Gasteiger partial charge in [-0.1, -0.05) is 0 Å². The van der Waals surface area contributed by atoms with Crippen LogP contribution < -0.4 is 0 Å². The van der Waals surface area contributed by atoms with Crippen molar-refractivity contribution in [1.29, 1.82) is 0 Å². The molecule has 0 rings (SSSR count). The summed E-state index contributed by atoms with van der Waals surface area (Å²) in [5, 5.41) is 0. The van der Waals surface area contributed by atoms with E-state index >= 15 is 0 Å². The van der Waals surface area contributed by atoms with E-state index in [1.165, 1.54) is 12.3 Å². The van der Waals surface area contributed by atoms with Crippen LogP contribution in [0.1, 0.15) is 20.8 Å². The Balaban J connectivity index is 4.00. The minimum Gasteiger partial charge on any atom is -0.501 e. The van der Waals surface area contributed by atoms with Gasteiger partial charge in [0, 0.05) is 19.3 Å². The molecule has 4 nitrogen and oxygen atoms in total. The van der Waals surface area contributed by atoms with E-state index in [-0.39, 0.29) is 5.78 Å². The Bertz CT molecular complexity index is 171. The lowest BCUT2D eigenvalue weighted by molar-refractivity contribution is -0.163. The fraction of sp³-hybridized carbons (Fsp3) is 0.700. The minimum atomic E-state index is -0.804. The van der Waals surface area contributed by atoms with Crippen LogP contribution in [-0.2, 0) is 19.0 Å². The van der Waals surface area contributed by atoms with Crippen LogP contribution in [0.2, 0.25) is 0 Å². The third-order valence-electron chi connectivity index (χ3n) is 1.36. The predicted molar refractivity (Wildman–Crippen MR) is 52.8 cm³/mol. The van der Waals surface area contributed by atoms with Crippen LogP contribution in [0, 0.1) is 0 Å². The van der Waals surface area contributed by atoms with Gasteiger partial charge in [0.15, 0.2) is 0 Å². The second-order valence-corrected chi connectivity index (χ2v) is 2.40. The lowest BCUT2D eigenvalue weighted by atomic mass is 10.4. The highest BCUT2D eigenvalue weighted by Crippen LogP contribution is 1.98. The third kappa shape index (κ3) is 5.72. The summed E-state index contributed by atoms with van der Waals surface area (Å²) in [5.74, 6) is -0.234. The Labute approximate surface area is 84.8 Å². The molecule has 0 aliphatic rings. The number of ketones is 1. The highest BCUT2D eigenvalue weighted by Gasteiger charge is 2.15. The Kier molecular flexibility index (Phi) is 8.17. The van der Waals surface area contributed by atoms with Gasteiger partial charge in [0.05, 0.1) is 12.9 Å². The van der Waals surface area contributed by atoms with Crippen molar-refractivity contribution in [1.82, 2.24) is 0 Å². The second-order valence-electron chi connectivity index (χ2n) is 2.40. The molecule has 0 aliphatic heterocycles. The smallest absolute Gasteiger partial charge is 0.222 e. The maximum absolute atomic E-state index is 11.4. The Morgan fingerprint density at radius 2 is 1.71 bits per heavy atom. The van der Waals surface area contributed by atoms with Gasteiger partial charge in [-0.2, -0.15) is 0 Å². The first-order valence-electron chi connectivity index (χ1n) is 4.81. The van der Waals surface area contributed by atoms with Gasteiger partial charge in [-0.25, -0.2) is 0 Å². The molecule has 0 aliphatic carbocycles. The SMILES string of the molecule is CCO/C=C/C(=O)C(OCC)OCC. The van der Waals surface area contributed by atoms with Crippen molar-refractivity contribution in [2.45, 2.75) is 27.1 Å². The van der Waals surface area contributed by atoms with Gasteiger partial charge in [0.25, 0.3) is 0 Å². The van der Waals surface area contributed by atoms with E-state index in [2.05, 4.69) is 0 Å². The van der Waals surface area contributed by atoms with Crippen LogP contribution in [0.4, 0.5) is 0 Å². The van der Waals surface area contributed by atoms with Gasteiger partial charge in [-0.05, 0) is 20.8 Å². The molecular formula is C10H18O4. The van der Waals surface area contributed by atoms with Crippen molar-refractivity contribution in [2.75, 3.05) is 19.8 Å². The molecule has 4 heteroatoms. The van der Waals surface area contributed by atoms with Crippen molar-refractivity contribution >= 4 is 5.78 Å². The van der Waals surface area contributed by atoms with E-state index in [0.29, 0.717) is 19.8 Å². The highest BCUT2D eigenvalue weighted by atomic mass is 16.7. The summed E-state index contributed by atoms with van der Waals surface area (Å²) in [4.78, 5) is 11.4. The van der Waals surface area contributed by atoms with Gasteiger partial charge < -0.3 is 14.2 Å². The number of carbonyl (C=O) groups excluding carboxylic acids is 1. The summed E-state index contributed by atoms with van der Waals surface area (Å²) >= 11 is 0. The summed E-state index contributed by atoms with van der Waals surface area (Å²) in [6, 6.07) is 0. The molecule has 0 N–H and O–H groups in total. The molecule has 0 amide bonds. The quantitative estimate of drug-likeness (QED) is 0.340. The number of hydrogen-bond donors (Lipinski definition) is 0. The van der Waals surface area contributed by atoms with Gasteiger partial charge in [-0.15, -0.1) is 0 Å². The van der Waals surface area contributed by atoms with Crippen LogP contribution in [0.3, 0.4) is 0 Å². The fourth-order valence-electron chi connectivity index (χ4n) is 0.805. The van der Waals surface area contributed by atoms with Crippen molar-refractivity contribution in [3.05, 3.63) is 12.3 Å². The predicted octanol–water partition coefficient (Wildman–Crippen LogP) is 1.50. The molecular weight excluding hydrogens is 184 g/mol. The maximum Gasteiger partial charge on any atom is 0.222 e. The zero-order valence-electron chi connectivity index (χ0n) is 8.99. The molecule has 0 fully saturated rings. The fourth-order valence-corrected chi connectivity index (χ4v) is 0.805. The van der Waals surface area contributed by atoms with E-state index in [4.69, 9.17) is 14.2 Å². The maximum atomic E-state index is 11.4. The molecule has 0 aromatic rings. The van der Waals surface area contributed by atoms with Crippen LogP contribution in [-0.4, -0.2) is 31.9 Å². The van der Waals surface area contributed by atoms with Crippen molar-refractivity contribution in [3.63, 3.8) is 0 Å². The Hall–Kier alpha value is -0.870. The van der Waals surface area contributed by atoms with E-state index < -0.39 is 6.29 Å². The van der Waals surface area contributed by atoms with Crippen molar-refractivity contribution in [2.24, 2.45) is 0 Å². The number of rotatable bonds is 8. The highest BCUT2D eigenvalue weighted by molar-refractivity contribution is 5.92. The molecule has 0 atom stereocenters. The number of hydrogen-bond acceptors (Lipinski definition) is 4. The van der Waals surface area contributed by atoms with E-state index in [1.807, 2.05) is 20.8 Å². The van der Waals surface area contributed by atoms with E-state index in [1.54, 1.807) is 0 Å². The standard InChI is InChI=1S/C10H18O4/c1-4-12-8-7-9(11)10(13-5-2)14-6-3/h7-8,10H,4-6H2,1-3H3/b8-7+. The zero-order valence-corrected chi connectivity index (χ0v) is 8.99. The van der Waals surface area contributed by atoms with Crippen LogP contribution in [0.15, 0.2) is 12.3 Å². The largest absolute Gasteiger partial charge is 0.501 e. The summed E-state index contributed by atoms with van der Waals surface area (Å²) in [6.45, 7) is 6.89. The Morgan fingerprint density at radius 3 is 2.14 bits per heavy atom. The molecule has 0 radical (unpaired) electrons. The van der Waals surface area contributed by atoms with Gasteiger partial charge in [0.1, 0.15) is 0 Å². The molecule has 14 heavy (non-hydrogen) atoms. The molecule has 82 valence electrons. The van der Waals surface area contributed by atoms with Gasteiger partial charge in [-0.3, -0.25) is 4.79 Å². The first-order chi connectivity index (χ1) is 6.76. The number of ether oxygens (including phenoxy) is 3. The average molecular weight is 202 g/mol. The molecule has 0 aromatic carbocycles. The van der Waals surface area contributed by atoms with Crippen LogP contribution in [0.25, 0.3) is 0 Å². The molecule has 0 aromatic heterocycles. The van der Waals surface area contributed by atoms with Crippen molar-refractivity contribution < 1.29 is 19.0 Å². The van der Waals surface area contributed by atoms with Crippen LogP contribution >= 0.6 is 0 Å². The van der Waals surface area contributed by atoms with Gasteiger partial charge in [0.2, 0.25) is 12.1 Å². The molecule has 0 unspecified atom stereocenters. The van der Waals surface area contributed by atoms with Crippen molar-refractivity contribution in [3.8, 4) is 0 Å². The summed E-state index contributed by atoms with van der Waals surface area (Å²) in [5.41, 5.74) is 0. The Morgan fingerprint density at radius 1 is 1.14 bits per heavy atom. The first-order valence-corrected chi connectivity index (χ1v) is 4.81. The molecule has 0 saturated carbocycles.